The zero-order chi connectivity index (χ0) is 13.1. The molecule has 96 valence electrons. The number of fused-ring (bicyclic) bond motifs is 1. The minimum Gasteiger partial charge on any atom is -0.358 e. The lowest BCUT2D eigenvalue weighted by Crippen LogP contribution is -2.06. The van der Waals surface area contributed by atoms with E-state index in [-0.39, 0.29) is 5.43 Å². The molecule has 0 spiro atoms. The van der Waals surface area contributed by atoms with Crippen molar-refractivity contribution < 1.29 is 0 Å². The molecular weight excluding hydrogens is 222 g/mol. The van der Waals surface area contributed by atoms with Gasteiger partial charge in [0, 0.05) is 22.7 Å². The predicted octanol–water partition coefficient (Wildman–Crippen LogP) is 3.99. The highest BCUT2D eigenvalue weighted by Gasteiger charge is 2.05. The zero-order valence-corrected chi connectivity index (χ0v) is 11.4. The Morgan fingerprint density at radius 3 is 2.67 bits per heavy atom. The summed E-state index contributed by atoms with van der Waals surface area (Å²) in [5.74, 6) is 0.349. The number of unbranched alkanes of at least 4 members (excludes halogenated alkanes) is 1. The molecule has 0 bridgehead atoms. The van der Waals surface area contributed by atoms with Gasteiger partial charge in [-0.25, -0.2) is 0 Å². The van der Waals surface area contributed by atoms with Crippen LogP contribution in [-0.4, -0.2) is 4.98 Å². The van der Waals surface area contributed by atoms with Gasteiger partial charge in [-0.15, -0.1) is 0 Å². The van der Waals surface area contributed by atoms with E-state index >= 15 is 0 Å². The molecular formula is C16H21NO. The standard InChI is InChI=1S/C16H21NO/c1-4-5-6-12-7-8-14-13(9-12)16(18)10-15(17-14)11(2)3/h7-11H,4-6H2,1-3H3,(H,17,18). The van der Waals surface area contributed by atoms with E-state index in [1.165, 1.54) is 18.4 Å². The van der Waals surface area contributed by atoms with Crippen molar-refractivity contribution in [1.82, 2.24) is 4.98 Å². The maximum Gasteiger partial charge on any atom is 0.189 e. The zero-order valence-electron chi connectivity index (χ0n) is 11.4. The van der Waals surface area contributed by atoms with Crippen LogP contribution in [-0.2, 0) is 6.42 Å². The van der Waals surface area contributed by atoms with Gasteiger partial charge in [-0.1, -0.05) is 33.3 Å². The van der Waals surface area contributed by atoms with Gasteiger partial charge < -0.3 is 4.98 Å². The van der Waals surface area contributed by atoms with E-state index in [0.29, 0.717) is 5.92 Å². The average molecular weight is 243 g/mol. The Morgan fingerprint density at radius 2 is 2.00 bits per heavy atom. The minimum absolute atomic E-state index is 0.130. The van der Waals surface area contributed by atoms with Crippen molar-refractivity contribution in [2.75, 3.05) is 0 Å². The normalized spacial score (nSPS) is 11.3. The number of pyridine rings is 1. The molecule has 0 fully saturated rings. The first kappa shape index (κ1) is 12.9. The summed E-state index contributed by atoms with van der Waals surface area (Å²) in [6.45, 7) is 6.36. The van der Waals surface area contributed by atoms with E-state index in [1.807, 2.05) is 12.1 Å². The van der Waals surface area contributed by atoms with Gasteiger partial charge in [0.25, 0.3) is 0 Å². The third-order valence-electron chi connectivity index (χ3n) is 3.36. The van der Waals surface area contributed by atoms with Gasteiger partial charge >= 0.3 is 0 Å². The number of hydrogen-bond acceptors (Lipinski definition) is 1. The Balaban J connectivity index is 2.48. The molecule has 0 unspecified atom stereocenters. The van der Waals surface area contributed by atoms with Crippen molar-refractivity contribution in [1.29, 1.82) is 0 Å². The second kappa shape index (κ2) is 5.38. The van der Waals surface area contributed by atoms with Crippen LogP contribution in [0.5, 0.6) is 0 Å². The lowest BCUT2D eigenvalue weighted by atomic mass is 10.0. The van der Waals surface area contributed by atoms with Crippen molar-refractivity contribution in [3.8, 4) is 0 Å². The molecule has 1 N–H and O–H groups in total. The smallest absolute Gasteiger partial charge is 0.189 e. The molecule has 0 saturated heterocycles. The molecule has 0 aliphatic carbocycles. The maximum absolute atomic E-state index is 12.1. The lowest BCUT2D eigenvalue weighted by Gasteiger charge is -2.08. The topological polar surface area (TPSA) is 32.9 Å². The fourth-order valence-electron chi connectivity index (χ4n) is 2.16. The summed E-state index contributed by atoms with van der Waals surface area (Å²) in [5.41, 5.74) is 3.35. The second-order valence-corrected chi connectivity index (χ2v) is 5.23. The van der Waals surface area contributed by atoms with Crippen LogP contribution in [0.25, 0.3) is 10.9 Å². The second-order valence-electron chi connectivity index (χ2n) is 5.23. The highest BCUT2D eigenvalue weighted by atomic mass is 16.1. The van der Waals surface area contributed by atoms with E-state index in [4.69, 9.17) is 0 Å². The number of hydrogen-bond donors (Lipinski definition) is 1. The van der Waals surface area contributed by atoms with Crippen LogP contribution in [0.15, 0.2) is 29.1 Å². The minimum atomic E-state index is 0.130. The van der Waals surface area contributed by atoms with Crippen LogP contribution in [0.4, 0.5) is 0 Å². The number of aromatic amines is 1. The van der Waals surface area contributed by atoms with Crippen LogP contribution in [0, 0.1) is 0 Å². The monoisotopic (exact) mass is 243 g/mol. The van der Waals surface area contributed by atoms with Gasteiger partial charge in [-0.05, 0) is 36.5 Å². The number of rotatable bonds is 4. The number of nitrogens with one attached hydrogen (secondary N) is 1. The van der Waals surface area contributed by atoms with E-state index in [0.717, 1.165) is 23.0 Å². The van der Waals surface area contributed by atoms with Gasteiger partial charge in [0.15, 0.2) is 5.43 Å². The van der Waals surface area contributed by atoms with Crippen molar-refractivity contribution in [3.63, 3.8) is 0 Å². The summed E-state index contributed by atoms with van der Waals surface area (Å²) in [7, 11) is 0. The molecule has 0 saturated carbocycles. The van der Waals surface area contributed by atoms with Crippen LogP contribution in [0.2, 0.25) is 0 Å². The number of H-pyrrole nitrogens is 1. The molecule has 2 aromatic rings. The first-order chi connectivity index (χ1) is 8.61. The summed E-state index contributed by atoms with van der Waals surface area (Å²) < 4.78 is 0. The maximum atomic E-state index is 12.1. The Kier molecular flexibility index (Phi) is 3.85. The van der Waals surface area contributed by atoms with Gasteiger partial charge in [0.1, 0.15) is 0 Å². The molecule has 2 nitrogen and oxygen atoms in total. The Bertz CT molecular complexity index is 596. The van der Waals surface area contributed by atoms with Crippen molar-refractivity contribution in [3.05, 3.63) is 45.7 Å². The first-order valence-electron chi connectivity index (χ1n) is 6.77. The molecule has 0 aliphatic rings. The quantitative estimate of drug-likeness (QED) is 0.865. The molecule has 2 heteroatoms. The fraction of sp³-hybridized carbons (Fsp3) is 0.438. The van der Waals surface area contributed by atoms with Gasteiger partial charge in [0.05, 0.1) is 0 Å². The van der Waals surface area contributed by atoms with E-state index in [1.54, 1.807) is 6.07 Å². The Hall–Kier alpha value is -1.57. The van der Waals surface area contributed by atoms with Crippen LogP contribution in [0.3, 0.4) is 0 Å². The molecule has 18 heavy (non-hydrogen) atoms. The number of aryl methyl sites for hydroxylation is 1. The fourth-order valence-corrected chi connectivity index (χ4v) is 2.16. The first-order valence-corrected chi connectivity index (χ1v) is 6.77. The van der Waals surface area contributed by atoms with E-state index < -0.39 is 0 Å². The van der Waals surface area contributed by atoms with E-state index in [9.17, 15) is 4.79 Å². The summed E-state index contributed by atoms with van der Waals surface area (Å²) in [6.07, 6.45) is 3.41. The lowest BCUT2D eigenvalue weighted by molar-refractivity contribution is 0.795. The molecule has 0 amide bonds. The van der Waals surface area contributed by atoms with Crippen LogP contribution in [0.1, 0.15) is 50.8 Å². The molecule has 0 aliphatic heterocycles. The molecule has 1 aromatic heterocycles. The highest BCUT2D eigenvalue weighted by Crippen LogP contribution is 2.16. The Labute approximate surface area is 108 Å². The van der Waals surface area contributed by atoms with Gasteiger partial charge in [-0.2, -0.15) is 0 Å². The summed E-state index contributed by atoms with van der Waals surface area (Å²) in [6, 6.07) is 7.93. The van der Waals surface area contributed by atoms with Gasteiger partial charge in [-0.3, -0.25) is 4.79 Å². The molecule has 1 heterocycles. The predicted molar refractivity (Wildman–Crippen MR) is 77.3 cm³/mol. The van der Waals surface area contributed by atoms with Crippen molar-refractivity contribution in [2.45, 2.75) is 46.0 Å². The van der Waals surface area contributed by atoms with E-state index in [2.05, 4.69) is 31.8 Å². The number of benzene rings is 1. The summed E-state index contributed by atoms with van der Waals surface area (Å²) in [4.78, 5) is 15.5. The van der Waals surface area contributed by atoms with Gasteiger partial charge in [0.2, 0.25) is 0 Å². The largest absolute Gasteiger partial charge is 0.358 e. The molecule has 0 atom stereocenters. The summed E-state index contributed by atoms with van der Waals surface area (Å²) >= 11 is 0. The molecule has 2 rings (SSSR count). The summed E-state index contributed by atoms with van der Waals surface area (Å²) in [5, 5.41) is 0.813. The third kappa shape index (κ3) is 2.63. The van der Waals surface area contributed by atoms with Crippen molar-refractivity contribution >= 4 is 10.9 Å². The van der Waals surface area contributed by atoms with Crippen molar-refractivity contribution in [2.24, 2.45) is 0 Å². The highest BCUT2D eigenvalue weighted by molar-refractivity contribution is 5.79. The molecule has 1 aromatic carbocycles. The SMILES string of the molecule is CCCCc1ccc2[nH]c(C(C)C)cc(=O)c2c1. The van der Waals surface area contributed by atoms with Crippen LogP contribution >= 0.6 is 0 Å². The average Bonchev–Trinajstić information content (AvgIpc) is 2.36. The molecule has 0 radical (unpaired) electrons. The third-order valence-corrected chi connectivity index (χ3v) is 3.36. The Morgan fingerprint density at radius 1 is 1.22 bits per heavy atom. The van der Waals surface area contributed by atoms with Crippen LogP contribution < -0.4 is 5.43 Å². The number of aromatic nitrogens is 1.